The fraction of sp³-hybridized carbons (Fsp3) is 0.211. The van der Waals surface area contributed by atoms with Gasteiger partial charge in [-0.25, -0.2) is 12.8 Å². The lowest BCUT2D eigenvalue weighted by Crippen LogP contribution is -2.23. The van der Waals surface area contributed by atoms with Crippen molar-refractivity contribution in [3.63, 3.8) is 0 Å². The molecule has 6 nitrogen and oxygen atoms in total. The number of methoxy groups -OCH3 is 2. The second kappa shape index (κ2) is 8.44. The minimum absolute atomic E-state index is 0.0601. The minimum atomic E-state index is -5.64. The summed E-state index contributed by atoms with van der Waals surface area (Å²) in [5.41, 5.74) is -5.55. The van der Waals surface area contributed by atoms with E-state index in [1.165, 1.54) is 26.4 Å². The minimum Gasteiger partial charge on any atom is -0.495 e. The predicted molar refractivity (Wildman–Crippen MR) is 107 cm³/mol. The molecule has 0 spiro atoms. The molecule has 0 aliphatic rings. The number of nitrogens with one attached hydrogen (secondary N) is 1. The number of amides is 1. The summed E-state index contributed by atoms with van der Waals surface area (Å²) in [6.45, 7) is -0.0939. The number of ether oxygens (including phenoxy) is 2. The van der Waals surface area contributed by atoms with Crippen molar-refractivity contribution < 1.29 is 40.2 Å². The topological polar surface area (TPSA) is 81.7 Å². The fourth-order valence-corrected chi connectivity index (χ4v) is 4.80. The Morgan fingerprint density at radius 3 is 2.48 bits per heavy atom. The molecule has 0 saturated carbocycles. The molecule has 3 aromatic rings. The molecule has 0 saturated heterocycles. The Labute approximate surface area is 178 Å². The second-order valence-electron chi connectivity index (χ2n) is 6.22. The molecule has 2 aromatic carbocycles. The van der Waals surface area contributed by atoms with Gasteiger partial charge < -0.3 is 14.8 Å². The van der Waals surface area contributed by atoms with Crippen LogP contribution in [0.1, 0.15) is 15.2 Å². The van der Waals surface area contributed by atoms with Gasteiger partial charge in [-0.15, -0.1) is 11.3 Å². The van der Waals surface area contributed by atoms with Gasteiger partial charge in [-0.1, -0.05) is 6.07 Å². The maximum absolute atomic E-state index is 14.3. The number of hydrogen-bond donors (Lipinski definition) is 1. The highest BCUT2D eigenvalue weighted by molar-refractivity contribution is 7.92. The SMILES string of the molecule is COCc1c(C(=O)Nc2cc(S(=O)(=O)C(F)(F)F)ccc2OC)sc2cccc(F)c12. The van der Waals surface area contributed by atoms with Gasteiger partial charge in [-0.2, -0.15) is 13.2 Å². The summed E-state index contributed by atoms with van der Waals surface area (Å²) in [6.07, 6.45) is 0. The average molecular weight is 477 g/mol. The van der Waals surface area contributed by atoms with Gasteiger partial charge in [0.25, 0.3) is 15.7 Å². The van der Waals surface area contributed by atoms with Gasteiger partial charge in [0.15, 0.2) is 0 Å². The maximum Gasteiger partial charge on any atom is 0.501 e. The number of anilines is 1. The molecule has 0 radical (unpaired) electrons. The van der Waals surface area contributed by atoms with E-state index in [2.05, 4.69) is 5.32 Å². The first kappa shape index (κ1) is 23.0. The maximum atomic E-state index is 14.3. The molecule has 1 amide bonds. The highest BCUT2D eigenvalue weighted by Gasteiger charge is 2.47. The molecule has 0 fully saturated rings. The third-order valence-corrected chi connectivity index (χ3v) is 6.97. The molecule has 0 aliphatic heterocycles. The molecule has 3 rings (SSSR count). The third kappa shape index (κ3) is 4.23. The second-order valence-corrected chi connectivity index (χ2v) is 9.21. The zero-order chi connectivity index (χ0) is 23.0. The fourth-order valence-electron chi connectivity index (χ4n) is 2.90. The van der Waals surface area contributed by atoms with Gasteiger partial charge in [0.05, 0.1) is 29.2 Å². The van der Waals surface area contributed by atoms with E-state index in [4.69, 9.17) is 9.47 Å². The van der Waals surface area contributed by atoms with E-state index < -0.39 is 32.0 Å². The summed E-state index contributed by atoms with van der Waals surface area (Å²) in [6, 6.07) is 6.68. The van der Waals surface area contributed by atoms with Crippen LogP contribution in [0.2, 0.25) is 0 Å². The summed E-state index contributed by atoms with van der Waals surface area (Å²) in [5, 5.41) is 2.55. The van der Waals surface area contributed by atoms with Crippen molar-refractivity contribution in [1.82, 2.24) is 0 Å². The molecule has 0 unspecified atom stereocenters. The monoisotopic (exact) mass is 477 g/mol. The predicted octanol–water partition coefficient (Wildman–Crippen LogP) is 4.74. The molecule has 0 aliphatic carbocycles. The third-order valence-electron chi connectivity index (χ3n) is 4.29. The number of sulfone groups is 1. The number of halogens is 4. The summed E-state index contributed by atoms with van der Waals surface area (Å²) < 4.78 is 87.0. The van der Waals surface area contributed by atoms with Gasteiger partial charge in [-0.05, 0) is 30.3 Å². The van der Waals surface area contributed by atoms with Gasteiger partial charge in [-0.3, -0.25) is 4.79 Å². The summed E-state index contributed by atoms with van der Waals surface area (Å²) in [5.74, 6) is -1.40. The van der Waals surface area contributed by atoms with Gasteiger partial charge in [0.2, 0.25) is 0 Å². The molecule has 1 N–H and O–H groups in total. The summed E-state index contributed by atoms with van der Waals surface area (Å²) >= 11 is 0.962. The molecule has 1 heterocycles. The van der Waals surface area contributed by atoms with Gasteiger partial charge in [0, 0.05) is 22.8 Å². The lowest BCUT2D eigenvalue weighted by molar-refractivity contribution is -0.0436. The Balaban J connectivity index is 2.07. The Hall–Kier alpha value is -2.70. The Morgan fingerprint density at radius 1 is 1.16 bits per heavy atom. The van der Waals surface area contributed by atoms with Crippen LogP contribution in [0.3, 0.4) is 0 Å². The first-order valence-corrected chi connectivity index (χ1v) is 10.8. The molecule has 166 valence electrons. The lowest BCUT2D eigenvalue weighted by Gasteiger charge is -2.13. The van der Waals surface area contributed by atoms with Crippen LogP contribution >= 0.6 is 11.3 Å². The van der Waals surface area contributed by atoms with E-state index in [1.54, 1.807) is 6.07 Å². The van der Waals surface area contributed by atoms with Crippen molar-refractivity contribution in [1.29, 1.82) is 0 Å². The van der Waals surface area contributed by atoms with Crippen molar-refractivity contribution in [2.24, 2.45) is 0 Å². The molecular formula is C19H15F4NO5S2. The summed E-state index contributed by atoms with van der Waals surface area (Å²) in [4.78, 5) is 11.9. The van der Waals surface area contributed by atoms with Crippen molar-refractivity contribution >= 4 is 42.9 Å². The van der Waals surface area contributed by atoms with Gasteiger partial charge in [0.1, 0.15) is 11.6 Å². The average Bonchev–Trinajstić information content (AvgIpc) is 3.07. The quantitative estimate of drug-likeness (QED) is 0.519. The summed E-state index contributed by atoms with van der Waals surface area (Å²) in [7, 11) is -3.08. The van der Waals surface area contributed by atoms with Crippen molar-refractivity contribution in [2.45, 2.75) is 17.0 Å². The van der Waals surface area contributed by atoms with Crippen LogP contribution in [0.25, 0.3) is 10.1 Å². The Kier molecular flexibility index (Phi) is 6.25. The van der Waals surface area contributed by atoms with Crippen LogP contribution in [0.4, 0.5) is 23.2 Å². The highest BCUT2D eigenvalue weighted by atomic mass is 32.2. The Bertz CT molecular complexity index is 1250. The molecule has 0 bridgehead atoms. The zero-order valence-electron chi connectivity index (χ0n) is 16.0. The number of alkyl halides is 3. The van der Waals surface area contributed by atoms with Gasteiger partial charge >= 0.3 is 5.51 Å². The number of carbonyl (C=O) groups excluding carboxylic acids is 1. The number of fused-ring (bicyclic) bond motifs is 1. The lowest BCUT2D eigenvalue weighted by atomic mass is 10.1. The molecule has 1 aromatic heterocycles. The molecule has 31 heavy (non-hydrogen) atoms. The first-order chi connectivity index (χ1) is 14.5. The number of rotatable bonds is 6. The first-order valence-electron chi connectivity index (χ1n) is 8.50. The van der Waals surface area contributed by atoms with Crippen LogP contribution in [-0.2, 0) is 21.2 Å². The molecular weight excluding hydrogens is 462 g/mol. The van der Waals surface area contributed by atoms with Crippen molar-refractivity contribution in [3.05, 3.63) is 52.7 Å². The largest absolute Gasteiger partial charge is 0.501 e. The number of carbonyl (C=O) groups is 1. The van der Waals surface area contributed by atoms with E-state index in [-0.39, 0.29) is 33.9 Å². The zero-order valence-corrected chi connectivity index (χ0v) is 17.7. The number of benzene rings is 2. The smallest absolute Gasteiger partial charge is 0.495 e. The molecule has 12 heteroatoms. The van der Waals surface area contributed by atoms with Crippen LogP contribution in [0.15, 0.2) is 41.3 Å². The normalized spacial score (nSPS) is 12.2. The van der Waals surface area contributed by atoms with Crippen LogP contribution in [0.5, 0.6) is 5.75 Å². The van der Waals surface area contributed by atoms with E-state index >= 15 is 0 Å². The highest BCUT2D eigenvalue weighted by Crippen LogP contribution is 2.37. The van der Waals surface area contributed by atoms with E-state index in [0.29, 0.717) is 10.8 Å². The van der Waals surface area contributed by atoms with Crippen molar-refractivity contribution in [2.75, 3.05) is 19.5 Å². The van der Waals surface area contributed by atoms with Crippen LogP contribution < -0.4 is 10.1 Å². The van der Waals surface area contributed by atoms with E-state index in [1.807, 2.05) is 0 Å². The number of hydrogen-bond acceptors (Lipinski definition) is 6. The van der Waals surface area contributed by atoms with Crippen LogP contribution in [-0.4, -0.2) is 34.1 Å². The number of thiophene rings is 1. The van der Waals surface area contributed by atoms with Crippen molar-refractivity contribution in [3.8, 4) is 5.75 Å². The molecule has 0 atom stereocenters. The standard InChI is InChI=1S/C19H15F4NO5S2/c1-28-9-11-16-12(20)4-3-5-15(16)30-17(11)18(25)24-13-8-10(6-7-14(13)29-2)31(26,27)19(21,22)23/h3-8H,9H2,1-2H3,(H,24,25). The van der Waals surface area contributed by atoms with E-state index in [0.717, 1.165) is 23.5 Å². The van der Waals surface area contributed by atoms with E-state index in [9.17, 15) is 30.8 Å². The Morgan fingerprint density at radius 2 is 1.87 bits per heavy atom. The van der Waals surface area contributed by atoms with Crippen LogP contribution in [0, 0.1) is 5.82 Å².